The normalized spacial score (nSPS) is 19.6. The zero-order chi connectivity index (χ0) is 15.5. The second-order valence-electron chi connectivity index (χ2n) is 7.59. The summed E-state index contributed by atoms with van der Waals surface area (Å²) in [6, 6.07) is 8.72. The molecule has 2 heteroatoms. The third kappa shape index (κ3) is 4.69. The number of piperidine rings is 1. The van der Waals surface area contributed by atoms with Gasteiger partial charge in [0.05, 0.1) is 13.1 Å². The molecule has 0 aromatic heterocycles. The van der Waals surface area contributed by atoms with Crippen LogP contribution in [0.25, 0.3) is 6.08 Å². The molecule has 116 valence electrons. The van der Waals surface area contributed by atoms with Crippen LogP contribution < -0.4 is 0 Å². The Morgan fingerprint density at radius 1 is 1.10 bits per heavy atom. The van der Waals surface area contributed by atoms with Crippen molar-refractivity contribution in [2.45, 2.75) is 52.4 Å². The van der Waals surface area contributed by atoms with Crippen molar-refractivity contribution in [3.05, 3.63) is 46.2 Å². The summed E-state index contributed by atoms with van der Waals surface area (Å²) in [4.78, 5) is 0. The van der Waals surface area contributed by atoms with Gasteiger partial charge >= 0.3 is 0 Å². The van der Waals surface area contributed by atoms with Gasteiger partial charge in [-0.2, -0.15) is 0 Å². The van der Waals surface area contributed by atoms with Crippen molar-refractivity contribution in [1.29, 1.82) is 0 Å². The lowest BCUT2D eigenvalue weighted by Gasteiger charge is -2.45. The number of hydrogen-bond acceptors (Lipinski definition) is 1. The predicted octanol–water partition coefficient (Wildman–Crippen LogP) is 4.89. The zero-order valence-corrected chi connectivity index (χ0v) is 14.0. The molecule has 0 bridgehead atoms. The average molecular weight is 287 g/mol. The predicted molar refractivity (Wildman–Crippen MR) is 90.9 cm³/mol. The van der Waals surface area contributed by atoms with Gasteiger partial charge in [-0.15, -0.1) is 0 Å². The van der Waals surface area contributed by atoms with Crippen molar-refractivity contribution in [2.24, 2.45) is 0 Å². The highest BCUT2D eigenvalue weighted by atomic mass is 16.5. The van der Waals surface area contributed by atoms with E-state index in [0.29, 0.717) is 6.54 Å². The quantitative estimate of drug-likeness (QED) is 0.573. The van der Waals surface area contributed by atoms with Crippen molar-refractivity contribution in [1.82, 2.24) is 0 Å². The van der Waals surface area contributed by atoms with Gasteiger partial charge in [-0.3, -0.25) is 0 Å². The summed E-state index contributed by atoms with van der Waals surface area (Å²) < 4.78 is -0.0254. The Morgan fingerprint density at radius 2 is 1.67 bits per heavy atom. The molecule has 1 saturated heterocycles. The van der Waals surface area contributed by atoms with Crippen LogP contribution >= 0.6 is 0 Å². The summed E-state index contributed by atoms with van der Waals surface area (Å²) in [5.74, 6) is 0. The van der Waals surface area contributed by atoms with Gasteiger partial charge in [0, 0.05) is 0 Å². The SMILES string of the molecule is CC(=Cc1ccc(C(C)(C)C)cc1)C[N+]1([O-])CCCCC1. The smallest absolute Gasteiger partial charge is 0.100 e. The Labute approximate surface area is 129 Å². The van der Waals surface area contributed by atoms with Gasteiger partial charge in [0.2, 0.25) is 0 Å². The van der Waals surface area contributed by atoms with Crippen molar-refractivity contribution in [3.8, 4) is 0 Å². The Balaban J connectivity index is 2.05. The molecule has 0 radical (unpaired) electrons. The minimum absolute atomic E-state index is 0.0254. The first-order valence-electron chi connectivity index (χ1n) is 8.13. The fourth-order valence-corrected chi connectivity index (χ4v) is 3.11. The van der Waals surface area contributed by atoms with Crippen LogP contribution in [0.2, 0.25) is 0 Å². The summed E-state index contributed by atoms with van der Waals surface area (Å²) in [6.45, 7) is 11.0. The Bertz CT molecular complexity index is 487. The van der Waals surface area contributed by atoms with Crippen LogP contribution in [0.4, 0.5) is 0 Å². The van der Waals surface area contributed by atoms with E-state index in [4.69, 9.17) is 0 Å². The highest BCUT2D eigenvalue weighted by molar-refractivity contribution is 5.53. The molecule has 1 aromatic carbocycles. The van der Waals surface area contributed by atoms with Crippen LogP contribution in [0.1, 0.15) is 58.1 Å². The highest BCUT2D eigenvalue weighted by Crippen LogP contribution is 2.24. The second-order valence-corrected chi connectivity index (χ2v) is 7.59. The van der Waals surface area contributed by atoms with Gasteiger partial charge in [-0.25, -0.2) is 0 Å². The molecule has 0 aliphatic carbocycles. The minimum atomic E-state index is -0.0254. The third-order valence-corrected chi connectivity index (χ3v) is 4.36. The van der Waals surface area contributed by atoms with E-state index in [1.54, 1.807) is 0 Å². The van der Waals surface area contributed by atoms with Crippen LogP contribution in [-0.2, 0) is 5.41 Å². The molecule has 0 atom stereocenters. The standard InChI is InChI=1S/C19H29NO/c1-16(15-20(21)12-6-5-7-13-20)14-17-8-10-18(11-9-17)19(2,3)4/h8-11,14H,5-7,12-13,15H2,1-4H3. The van der Waals surface area contributed by atoms with Gasteiger partial charge in [0.25, 0.3) is 0 Å². The lowest BCUT2D eigenvalue weighted by molar-refractivity contribution is -0.880. The van der Waals surface area contributed by atoms with Crippen LogP contribution in [0.15, 0.2) is 29.8 Å². The molecule has 1 heterocycles. The summed E-state index contributed by atoms with van der Waals surface area (Å²) >= 11 is 0. The number of hydroxylamine groups is 3. The summed E-state index contributed by atoms with van der Waals surface area (Å²) in [5, 5.41) is 12.6. The minimum Gasteiger partial charge on any atom is -0.633 e. The molecule has 1 aromatic rings. The van der Waals surface area contributed by atoms with Crippen LogP contribution in [-0.4, -0.2) is 24.3 Å². The maximum Gasteiger partial charge on any atom is 0.100 e. The maximum absolute atomic E-state index is 12.6. The summed E-state index contributed by atoms with van der Waals surface area (Å²) in [6.07, 6.45) is 5.55. The number of quaternary nitrogens is 1. The summed E-state index contributed by atoms with van der Waals surface area (Å²) in [5.41, 5.74) is 3.93. The van der Waals surface area contributed by atoms with E-state index in [1.165, 1.54) is 23.1 Å². The average Bonchev–Trinajstić information content (AvgIpc) is 2.38. The Morgan fingerprint density at radius 3 is 2.19 bits per heavy atom. The molecule has 1 fully saturated rings. The number of nitrogens with zero attached hydrogens (tertiary/aromatic N) is 1. The maximum atomic E-state index is 12.6. The van der Waals surface area contributed by atoms with E-state index in [9.17, 15) is 5.21 Å². The molecule has 0 unspecified atom stereocenters. The number of benzene rings is 1. The van der Waals surface area contributed by atoms with Crippen molar-refractivity contribution in [2.75, 3.05) is 19.6 Å². The fourth-order valence-electron chi connectivity index (χ4n) is 3.11. The monoisotopic (exact) mass is 287 g/mol. The Hall–Kier alpha value is -1.12. The lowest BCUT2D eigenvalue weighted by Crippen LogP contribution is -2.47. The number of hydrogen-bond donors (Lipinski definition) is 0. The molecular formula is C19H29NO. The van der Waals surface area contributed by atoms with E-state index in [0.717, 1.165) is 25.9 Å². The first-order valence-corrected chi connectivity index (χ1v) is 8.13. The van der Waals surface area contributed by atoms with Crippen LogP contribution in [0.3, 0.4) is 0 Å². The van der Waals surface area contributed by atoms with E-state index < -0.39 is 0 Å². The van der Waals surface area contributed by atoms with Crippen molar-refractivity contribution in [3.63, 3.8) is 0 Å². The fraction of sp³-hybridized carbons (Fsp3) is 0.579. The molecule has 1 aliphatic rings. The Kier molecular flexibility index (Phi) is 4.90. The number of rotatable bonds is 3. The largest absolute Gasteiger partial charge is 0.633 e. The molecule has 0 amide bonds. The molecule has 2 nitrogen and oxygen atoms in total. The van der Waals surface area contributed by atoms with E-state index in [-0.39, 0.29) is 10.1 Å². The molecule has 0 N–H and O–H groups in total. The number of likely N-dealkylation sites (tertiary alicyclic amines) is 1. The highest BCUT2D eigenvalue weighted by Gasteiger charge is 2.20. The van der Waals surface area contributed by atoms with Crippen molar-refractivity contribution >= 4 is 6.08 Å². The van der Waals surface area contributed by atoms with Gasteiger partial charge < -0.3 is 9.85 Å². The van der Waals surface area contributed by atoms with Crippen LogP contribution in [0.5, 0.6) is 0 Å². The topological polar surface area (TPSA) is 23.1 Å². The molecule has 2 rings (SSSR count). The van der Waals surface area contributed by atoms with Gasteiger partial charge in [0.1, 0.15) is 6.54 Å². The third-order valence-electron chi connectivity index (χ3n) is 4.36. The van der Waals surface area contributed by atoms with Gasteiger partial charge in [0.15, 0.2) is 0 Å². The molecule has 21 heavy (non-hydrogen) atoms. The van der Waals surface area contributed by atoms with E-state index in [1.807, 2.05) is 0 Å². The van der Waals surface area contributed by atoms with E-state index in [2.05, 4.69) is 58.0 Å². The lowest BCUT2D eigenvalue weighted by atomic mass is 9.86. The van der Waals surface area contributed by atoms with Gasteiger partial charge in [-0.05, 0) is 48.3 Å². The summed E-state index contributed by atoms with van der Waals surface area (Å²) in [7, 11) is 0. The van der Waals surface area contributed by atoms with Gasteiger partial charge in [-0.1, -0.05) is 51.1 Å². The van der Waals surface area contributed by atoms with Crippen LogP contribution in [0, 0.1) is 5.21 Å². The molecule has 0 saturated carbocycles. The first-order chi connectivity index (χ1) is 9.78. The molecule has 1 aliphatic heterocycles. The molecular weight excluding hydrogens is 258 g/mol. The molecule has 0 spiro atoms. The van der Waals surface area contributed by atoms with E-state index >= 15 is 0 Å². The first kappa shape index (κ1) is 16.3. The zero-order valence-electron chi connectivity index (χ0n) is 14.0. The second kappa shape index (κ2) is 6.33. The van der Waals surface area contributed by atoms with Crippen molar-refractivity contribution < 1.29 is 4.65 Å².